The van der Waals surface area contributed by atoms with E-state index in [4.69, 9.17) is 5.73 Å². The molecule has 0 heterocycles. The van der Waals surface area contributed by atoms with E-state index in [2.05, 4.69) is 83.1 Å². The minimum atomic E-state index is -0.0574. The van der Waals surface area contributed by atoms with Crippen LogP contribution in [0.1, 0.15) is 133 Å². The minimum Gasteiger partial charge on any atom is -0.872 e. The Labute approximate surface area is 267 Å². The zero-order valence-electron chi connectivity index (χ0n) is 28.1. The number of benzene rings is 2. The van der Waals surface area contributed by atoms with E-state index in [1.54, 1.807) is 12.1 Å². The molecule has 0 spiro atoms. The Hall–Kier alpha value is -1.16. The van der Waals surface area contributed by atoms with Crippen molar-refractivity contribution in [2.45, 2.75) is 142 Å². The average Bonchev–Trinajstić information content (AvgIpc) is 2.79. The van der Waals surface area contributed by atoms with Gasteiger partial charge < -0.3 is 15.9 Å². The molecule has 1 unspecified atom stereocenters. The smallest absolute Gasteiger partial charge is 0.872 e. The van der Waals surface area contributed by atoms with Gasteiger partial charge in [-0.25, -0.2) is 0 Å². The van der Waals surface area contributed by atoms with Gasteiger partial charge in [-0.05, 0) is 76.6 Å². The second-order valence-electron chi connectivity index (χ2n) is 15.3. The van der Waals surface area contributed by atoms with Crippen molar-refractivity contribution in [2.24, 2.45) is 22.5 Å². The van der Waals surface area contributed by atoms with Crippen LogP contribution < -0.4 is 15.9 Å². The van der Waals surface area contributed by atoms with Crippen LogP contribution in [0, 0.1) is 16.7 Å². The summed E-state index contributed by atoms with van der Waals surface area (Å²) in [5.41, 5.74) is 8.05. The van der Waals surface area contributed by atoms with Gasteiger partial charge in [-0.2, -0.15) is 0 Å². The molecule has 0 aliphatic carbocycles. The van der Waals surface area contributed by atoms with Crippen molar-refractivity contribution in [2.75, 3.05) is 6.54 Å². The van der Waals surface area contributed by atoms with Gasteiger partial charge in [-0.3, -0.25) is 0 Å². The average molecular weight is 629 g/mol. The number of rotatable bonds is 11. The molecule has 0 amide bonds. The Balaban J connectivity index is 0.00000138. The van der Waals surface area contributed by atoms with E-state index < -0.39 is 0 Å². The van der Waals surface area contributed by atoms with Crippen LogP contribution in [-0.2, 0) is 27.3 Å². The minimum absolute atomic E-state index is 0. The summed E-state index contributed by atoms with van der Waals surface area (Å²) in [6, 6.07) is 11.2. The Morgan fingerprint density at radius 2 is 1.10 bits per heavy atom. The maximum atomic E-state index is 12.6. The molecule has 0 aliphatic rings. The SMILES string of the molecule is CC(C)(C)CC(C)(C)c1ccc([O-])c(Sc2cc(C(C)(C)CC(C)(C)C)ccc2[O-])c1.CCCCC(CC)CN.[Ni+2]. The van der Waals surface area contributed by atoms with Crippen LogP contribution in [0.2, 0.25) is 0 Å². The molecule has 2 rings (SSSR count). The summed E-state index contributed by atoms with van der Waals surface area (Å²) in [6.45, 7) is 27.6. The van der Waals surface area contributed by atoms with Crippen LogP contribution in [0.3, 0.4) is 0 Å². The summed E-state index contributed by atoms with van der Waals surface area (Å²) >= 11 is 1.31. The molecule has 0 bridgehead atoms. The first-order valence-electron chi connectivity index (χ1n) is 15.3. The number of unbranched alkanes of at least 4 members (excludes halogenated alkanes) is 1. The fourth-order valence-electron chi connectivity index (χ4n) is 5.97. The Morgan fingerprint density at radius 3 is 1.39 bits per heavy atom. The number of nitrogens with two attached hydrogens (primary N) is 1. The maximum Gasteiger partial charge on any atom is 2.00 e. The second kappa shape index (κ2) is 16.6. The summed E-state index contributed by atoms with van der Waals surface area (Å²) in [5.74, 6) is 0.725. The van der Waals surface area contributed by atoms with Crippen molar-refractivity contribution in [3.8, 4) is 11.5 Å². The van der Waals surface area contributed by atoms with Gasteiger partial charge >= 0.3 is 16.5 Å². The fourth-order valence-corrected chi connectivity index (χ4v) is 6.92. The van der Waals surface area contributed by atoms with Crippen LogP contribution >= 0.6 is 11.8 Å². The second-order valence-corrected chi connectivity index (χ2v) is 16.4. The molecule has 41 heavy (non-hydrogen) atoms. The maximum absolute atomic E-state index is 12.6. The molecule has 1 atom stereocenters. The van der Waals surface area contributed by atoms with E-state index in [9.17, 15) is 10.2 Å². The van der Waals surface area contributed by atoms with Gasteiger partial charge in [0, 0.05) is 9.79 Å². The molecule has 236 valence electrons. The van der Waals surface area contributed by atoms with Gasteiger partial charge in [0.15, 0.2) is 0 Å². The molecular weight excluding hydrogens is 569 g/mol. The molecule has 2 N–H and O–H groups in total. The van der Waals surface area contributed by atoms with Crippen molar-refractivity contribution in [1.29, 1.82) is 0 Å². The van der Waals surface area contributed by atoms with Crippen molar-refractivity contribution in [3.05, 3.63) is 47.5 Å². The number of hydrogen-bond acceptors (Lipinski definition) is 4. The van der Waals surface area contributed by atoms with Crippen LogP contribution in [0.15, 0.2) is 46.2 Å². The Bertz CT molecular complexity index is 971. The first-order valence-corrected chi connectivity index (χ1v) is 16.1. The molecule has 0 saturated carbocycles. The standard InChI is InChI=1S/C28H42O2S.C8H19N.Ni/c1-25(2,3)17-27(7,8)19-11-13-21(29)23(15-19)31-24-16-20(12-14-22(24)30)28(9,10)18-26(4,5)6;1-3-5-6-8(4-2)7-9;/h11-16,29-30H,17-18H2,1-10H3;8H,3-7,9H2,1-2H3;/q;;+2/p-2. The van der Waals surface area contributed by atoms with Gasteiger partial charge in [-0.1, -0.05) is 150 Å². The van der Waals surface area contributed by atoms with Crippen molar-refractivity contribution in [1.82, 2.24) is 0 Å². The van der Waals surface area contributed by atoms with Crippen LogP contribution in [-0.4, -0.2) is 6.54 Å². The van der Waals surface area contributed by atoms with Crippen molar-refractivity contribution in [3.63, 3.8) is 0 Å². The first kappa shape index (κ1) is 39.8. The molecule has 0 aromatic heterocycles. The molecule has 3 nitrogen and oxygen atoms in total. The molecule has 0 aliphatic heterocycles. The Morgan fingerprint density at radius 1 is 0.707 bits per heavy atom. The summed E-state index contributed by atoms with van der Waals surface area (Å²) in [5, 5.41) is 25.3. The van der Waals surface area contributed by atoms with Gasteiger partial charge in [0.1, 0.15) is 0 Å². The zero-order valence-corrected chi connectivity index (χ0v) is 29.9. The first-order chi connectivity index (χ1) is 18.2. The summed E-state index contributed by atoms with van der Waals surface area (Å²) < 4.78 is 0. The zero-order chi connectivity index (χ0) is 30.9. The van der Waals surface area contributed by atoms with Crippen LogP contribution in [0.4, 0.5) is 0 Å². The van der Waals surface area contributed by atoms with Crippen LogP contribution in [0.25, 0.3) is 0 Å². The predicted molar refractivity (Wildman–Crippen MR) is 172 cm³/mol. The summed E-state index contributed by atoms with van der Waals surface area (Å²) in [6.07, 6.45) is 7.23. The van der Waals surface area contributed by atoms with Gasteiger partial charge in [0.25, 0.3) is 0 Å². The largest absolute Gasteiger partial charge is 2.00 e. The molecule has 2 aromatic carbocycles. The topological polar surface area (TPSA) is 72.1 Å². The molecule has 0 radical (unpaired) electrons. The molecule has 0 fully saturated rings. The van der Waals surface area contributed by atoms with Crippen molar-refractivity contribution >= 4 is 11.8 Å². The number of hydrogen-bond donors (Lipinski definition) is 1. The fraction of sp³-hybridized carbons (Fsp3) is 0.667. The van der Waals surface area contributed by atoms with Gasteiger partial charge in [0.2, 0.25) is 0 Å². The third kappa shape index (κ3) is 14.2. The molecular formula is C36H59NNiO2S. The van der Waals surface area contributed by atoms with Gasteiger partial charge in [-0.15, -0.1) is 0 Å². The van der Waals surface area contributed by atoms with Crippen LogP contribution in [0.5, 0.6) is 11.5 Å². The Kier molecular flexibility index (Phi) is 16.2. The van der Waals surface area contributed by atoms with E-state index in [0.717, 1.165) is 36.4 Å². The molecule has 0 saturated heterocycles. The molecule has 5 heteroatoms. The van der Waals surface area contributed by atoms with E-state index in [-0.39, 0.29) is 49.7 Å². The predicted octanol–water partition coefficient (Wildman–Crippen LogP) is 9.57. The van der Waals surface area contributed by atoms with Gasteiger partial charge in [0.05, 0.1) is 0 Å². The van der Waals surface area contributed by atoms with E-state index in [1.165, 1.54) is 37.4 Å². The summed E-state index contributed by atoms with van der Waals surface area (Å²) in [7, 11) is 0. The third-order valence-electron chi connectivity index (χ3n) is 7.49. The van der Waals surface area contributed by atoms with E-state index in [1.807, 2.05) is 24.3 Å². The monoisotopic (exact) mass is 627 g/mol. The van der Waals surface area contributed by atoms with E-state index in [0.29, 0.717) is 9.79 Å². The molecule has 2 aromatic rings. The third-order valence-corrected chi connectivity index (χ3v) is 8.57. The quantitative estimate of drug-likeness (QED) is 0.252. The summed E-state index contributed by atoms with van der Waals surface area (Å²) in [4.78, 5) is 1.25. The normalized spacial score (nSPS) is 13.2. The van der Waals surface area contributed by atoms with E-state index >= 15 is 0 Å². The van der Waals surface area contributed by atoms with Crippen molar-refractivity contribution < 1.29 is 26.7 Å².